The van der Waals surface area contributed by atoms with Gasteiger partial charge < -0.3 is 10.4 Å². The summed E-state index contributed by atoms with van der Waals surface area (Å²) in [4.78, 5) is 14.6. The number of hydrogen-bond acceptors (Lipinski definition) is 4. The molecular formula is C20H30N4O2. The first kappa shape index (κ1) is 17.8. The summed E-state index contributed by atoms with van der Waals surface area (Å²) in [5.41, 5.74) is 2.41. The van der Waals surface area contributed by atoms with Gasteiger partial charge in [-0.1, -0.05) is 12.5 Å². The summed E-state index contributed by atoms with van der Waals surface area (Å²) in [6.07, 6.45) is 5.55. The lowest BCUT2D eigenvalue weighted by atomic mass is 9.79. The molecule has 0 unspecified atom stereocenters. The van der Waals surface area contributed by atoms with Gasteiger partial charge in [0.1, 0.15) is 0 Å². The highest BCUT2D eigenvalue weighted by Crippen LogP contribution is 2.33. The molecule has 142 valence electrons. The van der Waals surface area contributed by atoms with Gasteiger partial charge in [-0.2, -0.15) is 0 Å². The van der Waals surface area contributed by atoms with Crippen LogP contribution >= 0.6 is 0 Å². The fraction of sp³-hybridized carbons (Fsp3) is 0.650. The molecule has 2 N–H and O–H groups in total. The van der Waals surface area contributed by atoms with Crippen molar-refractivity contribution < 1.29 is 5.11 Å². The summed E-state index contributed by atoms with van der Waals surface area (Å²) in [5, 5.41) is 14.7. The molecule has 0 radical (unpaired) electrons. The molecule has 0 amide bonds. The minimum Gasteiger partial charge on any atom is -0.387 e. The first-order chi connectivity index (χ1) is 12.5. The van der Waals surface area contributed by atoms with Crippen molar-refractivity contribution in [3.8, 4) is 0 Å². The van der Waals surface area contributed by atoms with Crippen LogP contribution in [0.2, 0.25) is 0 Å². The first-order valence-corrected chi connectivity index (χ1v) is 9.81. The first-order valence-electron chi connectivity index (χ1n) is 9.81. The van der Waals surface area contributed by atoms with Crippen molar-refractivity contribution in [3.63, 3.8) is 0 Å². The van der Waals surface area contributed by atoms with E-state index < -0.39 is 5.60 Å². The Kier molecular flexibility index (Phi) is 4.67. The number of imidazole rings is 1. The number of aliphatic hydroxyl groups is 1. The Morgan fingerprint density at radius 1 is 1.15 bits per heavy atom. The van der Waals surface area contributed by atoms with Gasteiger partial charge in [0.05, 0.1) is 16.6 Å². The second-order valence-electron chi connectivity index (χ2n) is 8.08. The summed E-state index contributed by atoms with van der Waals surface area (Å²) in [7, 11) is 3.61. The molecule has 2 saturated heterocycles. The largest absolute Gasteiger partial charge is 0.387 e. The van der Waals surface area contributed by atoms with Crippen LogP contribution in [0.5, 0.6) is 0 Å². The van der Waals surface area contributed by atoms with Crippen LogP contribution in [0.4, 0.5) is 0 Å². The number of benzene rings is 1. The van der Waals surface area contributed by atoms with Crippen molar-refractivity contribution in [2.45, 2.75) is 50.3 Å². The third-order valence-corrected chi connectivity index (χ3v) is 6.39. The number of rotatable bonds is 4. The average molecular weight is 358 g/mol. The number of aromatic nitrogens is 2. The molecule has 1 aromatic heterocycles. The van der Waals surface area contributed by atoms with Crippen LogP contribution in [0.3, 0.4) is 0 Å². The quantitative estimate of drug-likeness (QED) is 0.866. The maximum absolute atomic E-state index is 12.1. The fourth-order valence-corrected chi connectivity index (χ4v) is 4.91. The number of nitrogens with zero attached hydrogens (tertiary/aromatic N) is 3. The van der Waals surface area contributed by atoms with E-state index in [0.717, 1.165) is 48.9 Å². The van der Waals surface area contributed by atoms with E-state index in [9.17, 15) is 9.90 Å². The van der Waals surface area contributed by atoms with Crippen LogP contribution in [0.15, 0.2) is 23.0 Å². The van der Waals surface area contributed by atoms with Crippen molar-refractivity contribution in [3.05, 3.63) is 34.2 Å². The van der Waals surface area contributed by atoms with Gasteiger partial charge in [0, 0.05) is 33.2 Å². The van der Waals surface area contributed by atoms with Crippen molar-refractivity contribution in [1.29, 1.82) is 0 Å². The van der Waals surface area contributed by atoms with E-state index in [-0.39, 0.29) is 5.69 Å². The molecule has 1 aromatic carbocycles. The normalized spacial score (nSPS) is 27.0. The standard InChI is InChI=1S/C20H30N4O2/c1-22-16-8-7-15(12-17(16)23(2)19(22)25)13-21-14-20(26)9-5-11-24-10-4-3-6-18(20)24/h7-8,12,18,21,26H,3-6,9-11,13-14H2,1-2H3/t18-,20-/m1/s1. The van der Waals surface area contributed by atoms with E-state index in [1.165, 1.54) is 12.8 Å². The highest BCUT2D eigenvalue weighted by atomic mass is 16.3. The highest BCUT2D eigenvalue weighted by molar-refractivity contribution is 5.76. The molecule has 0 saturated carbocycles. The summed E-state index contributed by atoms with van der Waals surface area (Å²) >= 11 is 0. The molecule has 2 aliphatic heterocycles. The van der Waals surface area contributed by atoms with Crippen molar-refractivity contribution in [2.75, 3.05) is 19.6 Å². The predicted octanol–water partition coefficient (Wildman–Crippen LogP) is 1.35. The summed E-state index contributed by atoms with van der Waals surface area (Å²) in [6, 6.07) is 6.44. The molecule has 6 nitrogen and oxygen atoms in total. The van der Waals surface area contributed by atoms with E-state index in [1.807, 2.05) is 13.1 Å². The van der Waals surface area contributed by atoms with Gasteiger partial charge in [-0.3, -0.25) is 14.0 Å². The van der Waals surface area contributed by atoms with Gasteiger partial charge in [0.25, 0.3) is 0 Å². The number of hydrogen-bond donors (Lipinski definition) is 2. The second kappa shape index (κ2) is 6.83. The molecule has 2 atom stereocenters. The van der Waals surface area contributed by atoms with Crippen LogP contribution in [0.25, 0.3) is 11.0 Å². The van der Waals surface area contributed by atoms with Gasteiger partial charge >= 0.3 is 5.69 Å². The Balaban J connectivity index is 1.45. The Morgan fingerprint density at radius 3 is 2.77 bits per heavy atom. The Labute approximate surface area is 154 Å². The van der Waals surface area contributed by atoms with E-state index in [1.54, 1.807) is 16.2 Å². The maximum Gasteiger partial charge on any atom is 0.328 e. The van der Waals surface area contributed by atoms with Gasteiger partial charge in [-0.25, -0.2) is 4.79 Å². The fourth-order valence-electron chi connectivity index (χ4n) is 4.91. The van der Waals surface area contributed by atoms with E-state index in [2.05, 4.69) is 22.3 Å². The Morgan fingerprint density at radius 2 is 1.92 bits per heavy atom. The molecule has 0 aliphatic carbocycles. The second-order valence-corrected chi connectivity index (χ2v) is 8.08. The lowest BCUT2D eigenvalue weighted by Gasteiger charge is -2.49. The molecule has 2 aliphatic rings. The number of aryl methyl sites for hydroxylation is 2. The van der Waals surface area contributed by atoms with E-state index in [0.29, 0.717) is 19.1 Å². The highest BCUT2D eigenvalue weighted by Gasteiger charge is 2.43. The molecule has 4 rings (SSSR count). The van der Waals surface area contributed by atoms with Crippen LogP contribution in [0.1, 0.15) is 37.7 Å². The number of piperidine rings is 2. The van der Waals surface area contributed by atoms with Gasteiger partial charge in [-0.05, 0) is 56.5 Å². The van der Waals surface area contributed by atoms with Crippen molar-refractivity contribution in [1.82, 2.24) is 19.4 Å². The Hall–Kier alpha value is -1.63. The van der Waals surface area contributed by atoms with Crippen LogP contribution in [0, 0.1) is 0 Å². The van der Waals surface area contributed by atoms with Gasteiger partial charge in [0.2, 0.25) is 0 Å². The summed E-state index contributed by atoms with van der Waals surface area (Å²) < 4.78 is 3.36. The Bertz CT molecular complexity index is 853. The number of nitrogens with one attached hydrogen (secondary N) is 1. The topological polar surface area (TPSA) is 62.4 Å². The number of fused-ring (bicyclic) bond motifs is 2. The molecule has 0 spiro atoms. The monoisotopic (exact) mass is 358 g/mol. The molecule has 26 heavy (non-hydrogen) atoms. The minimum absolute atomic E-state index is 0.000911. The summed E-state index contributed by atoms with van der Waals surface area (Å²) in [5.74, 6) is 0. The van der Waals surface area contributed by atoms with Crippen molar-refractivity contribution >= 4 is 11.0 Å². The molecule has 2 aromatic rings. The zero-order valence-electron chi connectivity index (χ0n) is 15.9. The average Bonchev–Trinajstić information content (AvgIpc) is 2.86. The van der Waals surface area contributed by atoms with E-state index in [4.69, 9.17) is 0 Å². The molecule has 6 heteroatoms. The van der Waals surface area contributed by atoms with Crippen LogP contribution in [-0.4, -0.2) is 50.4 Å². The SMILES string of the molecule is Cn1c(=O)n(C)c2cc(CNC[C@]3(O)CCCN4CCCC[C@@H]43)ccc21. The lowest BCUT2D eigenvalue weighted by molar-refractivity contribution is -0.0919. The zero-order chi connectivity index (χ0) is 18.3. The minimum atomic E-state index is -0.623. The molecular weight excluding hydrogens is 328 g/mol. The molecule has 0 bridgehead atoms. The van der Waals surface area contributed by atoms with Crippen LogP contribution in [-0.2, 0) is 20.6 Å². The molecule has 2 fully saturated rings. The van der Waals surface area contributed by atoms with Crippen molar-refractivity contribution in [2.24, 2.45) is 14.1 Å². The van der Waals surface area contributed by atoms with Gasteiger partial charge in [-0.15, -0.1) is 0 Å². The predicted molar refractivity (Wildman–Crippen MR) is 103 cm³/mol. The van der Waals surface area contributed by atoms with Crippen LogP contribution < -0.4 is 11.0 Å². The maximum atomic E-state index is 12.1. The smallest absolute Gasteiger partial charge is 0.328 e. The van der Waals surface area contributed by atoms with E-state index >= 15 is 0 Å². The third-order valence-electron chi connectivity index (χ3n) is 6.39. The zero-order valence-corrected chi connectivity index (χ0v) is 15.9. The lowest BCUT2D eigenvalue weighted by Crippen LogP contribution is -2.62. The summed E-state index contributed by atoms with van der Waals surface area (Å²) in [6.45, 7) is 3.59. The van der Waals surface area contributed by atoms with Gasteiger partial charge in [0.15, 0.2) is 0 Å². The third kappa shape index (κ3) is 3.00. The molecule has 3 heterocycles.